The van der Waals surface area contributed by atoms with Crippen molar-refractivity contribution in [3.8, 4) is 39.5 Å². The summed E-state index contributed by atoms with van der Waals surface area (Å²) in [5.41, 5.74) is 7.17. The molecule has 0 aliphatic heterocycles. The monoisotopic (exact) mass is 598 g/mol. The van der Waals surface area contributed by atoms with E-state index in [-0.39, 0.29) is 5.57 Å². The fraction of sp³-hybridized carbons (Fsp3) is 0.103. The predicted octanol–water partition coefficient (Wildman–Crippen LogP) is 8.94. The molecule has 226 valence electrons. The summed E-state index contributed by atoms with van der Waals surface area (Å²) in [6, 6.07) is 26.0. The third-order valence-corrected chi connectivity index (χ3v) is 6.73. The summed E-state index contributed by atoms with van der Waals surface area (Å²) in [6.45, 7) is 17.7. The molecule has 0 aliphatic carbocycles. The molecule has 0 atom stereocenters. The number of carbonyl (C=O) groups excluding carboxylic acids is 3. The summed E-state index contributed by atoms with van der Waals surface area (Å²) >= 11 is 0. The predicted molar refractivity (Wildman–Crippen MR) is 179 cm³/mol. The van der Waals surface area contributed by atoms with Crippen molar-refractivity contribution >= 4 is 30.1 Å². The van der Waals surface area contributed by atoms with E-state index in [0.29, 0.717) is 28.4 Å². The second kappa shape index (κ2) is 14.1. The van der Waals surface area contributed by atoms with E-state index in [1.54, 1.807) is 45.0 Å². The lowest BCUT2D eigenvalue weighted by atomic mass is 9.94. The van der Waals surface area contributed by atoms with Gasteiger partial charge in [-0.3, -0.25) is 0 Å². The summed E-state index contributed by atoms with van der Waals surface area (Å²) in [6.07, 6.45) is 3.94. The van der Waals surface area contributed by atoms with Gasteiger partial charge < -0.3 is 14.2 Å². The van der Waals surface area contributed by atoms with Crippen LogP contribution in [0.15, 0.2) is 121 Å². The molecule has 0 unspecified atom stereocenters. The van der Waals surface area contributed by atoms with Crippen molar-refractivity contribution in [2.24, 2.45) is 0 Å². The van der Waals surface area contributed by atoms with Crippen molar-refractivity contribution in [1.29, 1.82) is 0 Å². The molecule has 0 heterocycles. The zero-order chi connectivity index (χ0) is 32.7. The Kier molecular flexibility index (Phi) is 10.1. The highest BCUT2D eigenvalue weighted by atomic mass is 16.5. The van der Waals surface area contributed by atoms with Crippen LogP contribution in [-0.4, -0.2) is 17.9 Å². The molecule has 0 saturated heterocycles. The molecule has 0 spiro atoms. The van der Waals surface area contributed by atoms with Gasteiger partial charge in [0, 0.05) is 22.3 Å². The van der Waals surface area contributed by atoms with Crippen LogP contribution < -0.4 is 14.2 Å². The fourth-order valence-corrected chi connectivity index (χ4v) is 4.20. The van der Waals surface area contributed by atoms with Gasteiger partial charge in [-0.1, -0.05) is 80.4 Å². The van der Waals surface area contributed by atoms with Gasteiger partial charge in [0.05, 0.1) is 0 Å². The van der Waals surface area contributed by atoms with Gasteiger partial charge in [0.1, 0.15) is 17.2 Å². The van der Waals surface area contributed by atoms with Gasteiger partial charge >= 0.3 is 17.9 Å². The molecule has 6 heteroatoms. The number of hydrogen-bond donors (Lipinski definition) is 0. The van der Waals surface area contributed by atoms with E-state index in [4.69, 9.17) is 14.2 Å². The van der Waals surface area contributed by atoms with Crippen LogP contribution in [0.4, 0.5) is 0 Å². The van der Waals surface area contributed by atoms with E-state index in [1.165, 1.54) is 0 Å². The molecule has 6 nitrogen and oxygen atoms in total. The summed E-state index contributed by atoms with van der Waals surface area (Å²) in [5.74, 6) is -0.208. The zero-order valence-electron chi connectivity index (χ0n) is 25.8. The lowest BCUT2D eigenvalue weighted by molar-refractivity contribution is -0.130. The second-order valence-corrected chi connectivity index (χ2v) is 10.7. The number of aryl methyl sites for hydroxylation is 1. The Morgan fingerprint density at radius 1 is 0.533 bits per heavy atom. The SMILES string of the molecule is C=C(C)C(=O)Oc1ccc(/C=C/c2ccc(-c3cc(C)c(-c4ccc(OC(=O)C(=C)C)cc4)cc3OC(=O)C(=C)C)cc2)cc1. The average molecular weight is 599 g/mol. The van der Waals surface area contributed by atoms with Crippen LogP contribution in [0.1, 0.15) is 37.5 Å². The largest absolute Gasteiger partial charge is 0.423 e. The van der Waals surface area contributed by atoms with E-state index >= 15 is 0 Å². The van der Waals surface area contributed by atoms with Crippen LogP contribution >= 0.6 is 0 Å². The van der Waals surface area contributed by atoms with Crippen LogP contribution in [-0.2, 0) is 14.4 Å². The van der Waals surface area contributed by atoms with Crippen molar-refractivity contribution in [3.05, 3.63) is 138 Å². The first-order chi connectivity index (χ1) is 21.4. The molecule has 0 saturated carbocycles. The first-order valence-corrected chi connectivity index (χ1v) is 14.2. The fourth-order valence-electron chi connectivity index (χ4n) is 4.20. The summed E-state index contributed by atoms with van der Waals surface area (Å²) in [7, 11) is 0. The topological polar surface area (TPSA) is 78.9 Å². The summed E-state index contributed by atoms with van der Waals surface area (Å²) in [5, 5.41) is 0. The van der Waals surface area contributed by atoms with Gasteiger partial charge in [-0.2, -0.15) is 0 Å². The minimum Gasteiger partial charge on any atom is -0.423 e. The lowest BCUT2D eigenvalue weighted by Crippen LogP contribution is -2.09. The van der Waals surface area contributed by atoms with Crippen molar-refractivity contribution in [2.75, 3.05) is 0 Å². The van der Waals surface area contributed by atoms with E-state index < -0.39 is 17.9 Å². The first-order valence-electron chi connectivity index (χ1n) is 14.2. The maximum Gasteiger partial charge on any atom is 0.338 e. The average Bonchev–Trinajstić information content (AvgIpc) is 3.02. The molecule has 0 aromatic heterocycles. The smallest absolute Gasteiger partial charge is 0.338 e. The first kappa shape index (κ1) is 32.2. The number of rotatable bonds is 10. The number of benzene rings is 4. The third kappa shape index (κ3) is 8.42. The van der Waals surface area contributed by atoms with Gasteiger partial charge in [0.15, 0.2) is 0 Å². The van der Waals surface area contributed by atoms with Crippen molar-refractivity contribution < 1.29 is 28.6 Å². The second-order valence-electron chi connectivity index (χ2n) is 10.7. The van der Waals surface area contributed by atoms with E-state index in [1.807, 2.05) is 79.7 Å². The molecule has 0 N–H and O–H groups in total. The van der Waals surface area contributed by atoms with Crippen LogP contribution in [0.5, 0.6) is 17.2 Å². The van der Waals surface area contributed by atoms with Crippen LogP contribution in [0, 0.1) is 6.92 Å². The molecule has 4 rings (SSSR count). The minimum atomic E-state index is -0.520. The molecule has 45 heavy (non-hydrogen) atoms. The molecular weight excluding hydrogens is 564 g/mol. The zero-order valence-corrected chi connectivity index (χ0v) is 25.8. The Labute approximate surface area is 263 Å². The molecule has 4 aromatic carbocycles. The Morgan fingerprint density at radius 2 is 0.911 bits per heavy atom. The van der Waals surface area contributed by atoms with Gasteiger partial charge in [-0.15, -0.1) is 0 Å². The van der Waals surface area contributed by atoms with Crippen molar-refractivity contribution in [1.82, 2.24) is 0 Å². The van der Waals surface area contributed by atoms with Gasteiger partial charge in [0.2, 0.25) is 0 Å². The Bertz CT molecular complexity index is 1820. The quantitative estimate of drug-likeness (QED) is 0.0785. The number of carbonyl (C=O) groups is 3. The van der Waals surface area contributed by atoms with Gasteiger partial charge in [-0.05, 0) is 97.5 Å². The molecule has 0 aliphatic rings. The summed E-state index contributed by atoms with van der Waals surface area (Å²) < 4.78 is 16.4. The Balaban J connectivity index is 1.59. The number of hydrogen-bond acceptors (Lipinski definition) is 6. The van der Waals surface area contributed by atoms with Gasteiger partial charge in [-0.25, -0.2) is 14.4 Å². The maximum absolute atomic E-state index is 12.6. The molecule has 0 radical (unpaired) electrons. The van der Waals surface area contributed by atoms with Crippen molar-refractivity contribution in [2.45, 2.75) is 27.7 Å². The standard InChI is InChI=1S/C39H34O6/c1-24(2)37(40)43-32-18-12-29(13-19-32)9-8-28-10-14-31(15-11-28)35-22-27(7)34(23-36(35)45-39(42)26(5)6)30-16-20-33(21-17-30)44-38(41)25(3)4/h8-23H,1,3,5H2,2,4,6-7H3/b9-8+. The maximum atomic E-state index is 12.6. The number of ether oxygens (including phenoxy) is 3. The van der Waals surface area contributed by atoms with E-state index in [9.17, 15) is 14.4 Å². The van der Waals surface area contributed by atoms with Crippen LogP contribution in [0.3, 0.4) is 0 Å². The van der Waals surface area contributed by atoms with E-state index in [0.717, 1.165) is 38.9 Å². The third-order valence-electron chi connectivity index (χ3n) is 6.73. The lowest BCUT2D eigenvalue weighted by Gasteiger charge is -2.16. The number of esters is 3. The normalized spacial score (nSPS) is 10.7. The molecule has 4 aromatic rings. The van der Waals surface area contributed by atoms with E-state index in [2.05, 4.69) is 19.7 Å². The van der Waals surface area contributed by atoms with Crippen molar-refractivity contribution in [3.63, 3.8) is 0 Å². The molecule has 0 fully saturated rings. The van der Waals surface area contributed by atoms with Crippen LogP contribution in [0.25, 0.3) is 34.4 Å². The van der Waals surface area contributed by atoms with Gasteiger partial charge in [0.25, 0.3) is 0 Å². The molecule has 0 bridgehead atoms. The highest BCUT2D eigenvalue weighted by Gasteiger charge is 2.16. The summed E-state index contributed by atoms with van der Waals surface area (Å²) in [4.78, 5) is 36.2. The molecular formula is C39H34O6. The highest BCUT2D eigenvalue weighted by Crippen LogP contribution is 2.38. The molecule has 0 amide bonds. The van der Waals surface area contributed by atoms with Crippen LogP contribution in [0.2, 0.25) is 0 Å². The minimum absolute atomic E-state index is 0.286. The Morgan fingerprint density at radius 3 is 1.38 bits per heavy atom. The highest BCUT2D eigenvalue weighted by molar-refractivity contribution is 5.92. The Hall–Kier alpha value is -5.75.